The molecule has 21 heavy (non-hydrogen) atoms. The zero-order valence-corrected chi connectivity index (χ0v) is 12.5. The van der Waals surface area contributed by atoms with Gasteiger partial charge in [0.1, 0.15) is 0 Å². The maximum atomic E-state index is 12.1. The summed E-state index contributed by atoms with van der Waals surface area (Å²) in [6, 6.07) is 16.0. The van der Waals surface area contributed by atoms with Crippen LogP contribution in [0.4, 0.5) is 0 Å². The third-order valence-electron chi connectivity index (χ3n) is 3.33. The minimum absolute atomic E-state index is 0.216. The van der Waals surface area contributed by atoms with E-state index in [0.717, 1.165) is 5.56 Å². The van der Waals surface area contributed by atoms with E-state index in [4.69, 9.17) is 11.6 Å². The Kier molecular flexibility index (Phi) is 5.37. The van der Waals surface area contributed by atoms with Crippen LogP contribution >= 0.6 is 11.6 Å². The Bertz CT molecular complexity index is 583. The van der Waals surface area contributed by atoms with Crippen LogP contribution in [0.5, 0.6) is 0 Å². The number of hydrogen-bond acceptors (Lipinski definition) is 2. The summed E-state index contributed by atoms with van der Waals surface area (Å²) in [7, 11) is 0. The number of amides is 1. The van der Waals surface area contributed by atoms with Crippen molar-refractivity contribution < 1.29 is 9.90 Å². The first-order valence-corrected chi connectivity index (χ1v) is 7.22. The van der Waals surface area contributed by atoms with Crippen LogP contribution in [0.1, 0.15) is 22.8 Å². The van der Waals surface area contributed by atoms with Crippen molar-refractivity contribution in [3.8, 4) is 0 Å². The van der Waals surface area contributed by atoms with E-state index in [1.807, 2.05) is 30.3 Å². The van der Waals surface area contributed by atoms with Crippen LogP contribution in [0.25, 0.3) is 0 Å². The summed E-state index contributed by atoms with van der Waals surface area (Å²) < 4.78 is 0. The minimum Gasteiger partial charge on any atom is -0.391 e. The van der Waals surface area contributed by atoms with Gasteiger partial charge in [-0.05, 0) is 36.8 Å². The van der Waals surface area contributed by atoms with E-state index in [2.05, 4.69) is 5.32 Å². The third kappa shape index (κ3) is 4.59. The molecule has 0 heterocycles. The average molecular weight is 304 g/mol. The number of carbonyl (C=O) groups is 1. The Morgan fingerprint density at radius 3 is 2.38 bits per heavy atom. The highest BCUT2D eigenvalue weighted by Crippen LogP contribution is 2.10. The van der Waals surface area contributed by atoms with Crippen molar-refractivity contribution in [2.75, 3.05) is 0 Å². The van der Waals surface area contributed by atoms with E-state index in [1.165, 1.54) is 0 Å². The van der Waals surface area contributed by atoms with Gasteiger partial charge in [-0.2, -0.15) is 0 Å². The van der Waals surface area contributed by atoms with E-state index in [-0.39, 0.29) is 11.9 Å². The van der Waals surface area contributed by atoms with Crippen molar-refractivity contribution in [2.45, 2.75) is 25.5 Å². The molecule has 0 aliphatic carbocycles. The van der Waals surface area contributed by atoms with Gasteiger partial charge in [-0.15, -0.1) is 0 Å². The lowest BCUT2D eigenvalue weighted by Gasteiger charge is -2.20. The zero-order valence-electron chi connectivity index (χ0n) is 11.8. The van der Waals surface area contributed by atoms with Gasteiger partial charge in [0.05, 0.1) is 12.1 Å². The van der Waals surface area contributed by atoms with Gasteiger partial charge in [0.25, 0.3) is 5.91 Å². The largest absolute Gasteiger partial charge is 0.391 e. The highest BCUT2D eigenvalue weighted by atomic mass is 35.5. The fourth-order valence-electron chi connectivity index (χ4n) is 2.02. The maximum absolute atomic E-state index is 12.1. The summed E-state index contributed by atoms with van der Waals surface area (Å²) in [4.78, 5) is 12.1. The van der Waals surface area contributed by atoms with Crippen LogP contribution in [0.3, 0.4) is 0 Å². The van der Waals surface area contributed by atoms with Crippen molar-refractivity contribution >= 4 is 17.5 Å². The quantitative estimate of drug-likeness (QED) is 0.892. The number of aliphatic hydroxyl groups excluding tert-OH is 1. The summed E-state index contributed by atoms with van der Waals surface area (Å²) in [6.07, 6.45) is -0.133. The second-order valence-electron chi connectivity index (χ2n) is 5.03. The minimum atomic E-state index is -0.636. The molecule has 110 valence electrons. The molecule has 3 nitrogen and oxygen atoms in total. The molecule has 2 aromatic carbocycles. The normalized spacial score (nSPS) is 13.5. The molecule has 0 aromatic heterocycles. The number of rotatable bonds is 5. The second-order valence-corrected chi connectivity index (χ2v) is 5.46. The molecule has 4 heteroatoms. The number of aliphatic hydroxyl groups is 1. The Labute approximate surface area is 129 Å². The molecule has 2 aromatic rings. The molecule has 2 N–H and O–H groups in total. The van der Waals surface area contributed by atoms with Crippen molar-refractivity contribution in [3.63, 3.8) is 0 Å². The van der Waals surface area contributed by atoms with Crippen LogP contribution in [-0.2, 0) is 6.42 Å². The molecular weight excluding hydrogens is 286 g/mol. The first-order valence-electron chi connectivity index (χ1n) is 6.84. The van der Waals surface area contributed by atoms with Crippen LogP contribution in [0, 0.1) is 0 Å². The third-order valence-corrected chi connectivity index (χ3v) is 3.58. The van der Waals surface area contributed by atoms with Gasteiger partial charge in [-0.25, -0.2) is 0 Å². The molecule has 0 spiro atoms. The number of benzene rings is 2. The first-order chi connectivity index (χ1) is 10.1. The number of carbonyl (C=O) groups excluding carboxylic acids is 1. The lowest BCUT2D eigenvalue weighted by molar-refractivity contribution is 0.0852. The summed E-state index contributed by atoms with van der Waals surface area (Å²) in [6.45, 7) is 1.79. The van der Waals surface area contributed by atoms with Crippen LogP contribution in [-0.4, -0.2) is 23.2 Å². The van der Waals surface area contributed by atoms with Gasteiger partial charge < -0.3 is 10.4 Å². The molecule has 0 saturated heterocycles. The topological polar surface area (TPSA) is 49.3 Å². The van der Waals surface area contributed by atoms with E-state index < -0.39 is 6.10 Å². The van der Waals surface area contributed by atoms with E-state index >= 15 is 0 Å². The van der Waals surface area contributed by atoms with Crippen LogP contribution in [0.2, 0.25) is 5.02 Å². The van der Waals surface area contributed by atoms with E-state index in [9.17, 15) is 9.90 Å². The fraction of sp³-hybridized carbons (Fsp3) is 0.235. The molecule has 0 aliphatic heterocycles. The smallest absolute Gasteiger partial charge is 0.251 e. The molecule has 2 rings (SSSR count). The molecule has 0 radical (unpaired) electrons. The lowest BCUT2D eigenvalue weighted by atomic mass is 10.0. The van der Waals surface area contributed by atoms with Crippen molar-refractivity contribution in [1.29, 1.82) is 0 Å². The summed E-state index contributed by atoms with van der Waals surface area (Å²) >= 11 is 5.79. The molecule has 2 atom stereocenters. The Hall–Kier alpha value is -1.84. The monoisotopic (exact) mass is 303 g/mol. The Morgan fingerprint density at radius 2 is 1.76 bits per heavy atom. The van der Waals surface area contributed by atoms with Crippen molar-refractivity contribution in [1.82, 2.24) is 5.32 Å². The maximum Gasteiger partial charge on any atom is 0.251 e. The van der Waals surface area contributed by atoms with Gasteiger partial charge >= 0.3 is 0 Å². The second kappa shape index (κ2) is 7.25. The molecule has 2 unspecified atom stereocenters. The zero-order chi connectivity index (χ0) is 15.2. The van der Waals surface area contributed by atoms with Gasteiger partial charge in [0.2, 0.25) is 0 Å². The highest BCUT2D eigenvalue weighted by Gasteiger charge is 2.17. The molecule has 0 saturated carbocycles. The number of nitrogens with one attached hydrogen (secondary N) is 1. The summed E-state index contributed by atoms with van der Waals surface area (Å²) in [5.41, 5.74) is 1.57. The van der Waals surface area contributed by atoms with E-state index in [1.54, 1.807) is 31.2 Å². The molecule has 1 amide bonds. The predicted molar refractivity (Wildman–Crippen MR) is 84.5 cm³/mol. The van der Waals surface area contributed by atoms with Crippen molar-refractivity contribution in [2.24, 2.45) is 0 Å². The van der Waals surface area contributed by atoms with Gasteiger partial charge in [0, 0.05) is 17.0 Å². The Balaban J connectivity index is 1.92. The number of halogens is 1. The van der Waals surface area contributed by atoms with Crippen LogP contribution < -0.4 is 5.32 Å². The van der Waals surface area contributed by atoms with Gasteiger partial charge in [0.15, 0.2) is 0 Å². The summed E-state index contributed by atoms with van der Waals surface area (Å²) in [5.74, 6) is -0.216. The molecule has 0 aliphatic rings. The predicted octanol–water partition coefficient (Wildman–Crippen LogP) is 3.06. The number of hydrogen-bond donors (Lipinski definition) is 2. The Morgan fingerprint density at radius 1 is 1.14 bits per heavy atom. The fourth-order valence-corrected chi connectivity index (χ4v) is 2.15. The lowest BCUT2D eigenvalue weighted by Crippen LogP contribution is -2.42. The molecule has 0 bridgehead atoms. The first kappa shape index (κ1) is 15.5. The summed E-state index contributed by atoms with van der Waals surface area (Å²) in [5, 5.41) is 13.6. The van der Waals surface area contributed by atoms with Gasteiger partial charge in [-0.1, -0.05) is 41.9 Å². The van der Waals surface area contributed by atoms with Crippen molar-refractivity contribution in [3.05, 3.63) is 70.7 Å². The molecular formula is C17H18ClNO2. The SMILES string of the molecule is CC(NC(=O)c1ccc(Cl)cc1)C(O)Cc1ccccc1. The van der Waals surface area contributed by atoms with E-state index in [0.29, 0.717) is 17.0 Å². The highest BCUT2D eigenvalue weighted by molar-refractivity contribution is 6.30. The molecule has 0 fully saturated rings. The average Bonchev–Trinajstić information content (AvgIpc) is 2.48. The standard InChI is InChI=1S/C17H18ClNO2/c1-12(16(20)11-13-5-3-2-4-6-13)19-17(21)14-7-9-15(18)10-8-14/h2-10,12,16,20H,11H2,1H3,(H,19,21). The van der Waals surface area contributed by atoms with Crippen LogP contribution in [0.15, 0.2) is 54.6 Å². The van der Waals surface area contributed by atoms with Gasteiger partial charge in [-0.3, -0.25) is 4.79 Å².